The molecule has 57 heavy (non-hydrogen) atoms. The van der Waals surface area contributed by atoms with E-state index in [0.29, 0.717) is 25.0 Å². The summed E-state index contributed by atoms with van der Waals surface area (Å²) in [7, 11) is -4.62. The molecule has 0 unspecified atom stereocenters. The number of alkyl halides is 3. The summed E-state index contributed by atoms with van der Waals surface area (Å²) in [5.74, 6) is 1.17. The van der Waals surface area contributed by atoms with Gasteiger partial charge in [-0.1, -0.05) is 30.3 Å². The van der Waals surface area contributed by atoms with Crippen molar-refractivity contribution in [1.82, 2.24) is 9.62 Å². The van der Waals surface area contributed by atoms with Crippen molar-refractivity contribution < 1.29 is 35.9 Å². The molecule has 1 saturated heterocycles. The van der Waals surface area contributed by atoms with E-state index in [4.69, 9.17) is 9.47 Å². The highest BCUT2D eigenvalue weighted by atomic mass is 32.2. The van der Waals surface area contributed by atoms with E-state index in [1.54, 1.807) is 12.1 Å². The summed E-state index contributed by atoms with van der Waals surface area (Å²) in [6.07, 6.45) is -4.83. The second kappa shape index (κ2) is 18.8. The number of halogens is 3. The SMILES string of the molecule is CCOc1cccc(-c2cc(CN3CCN(c4ccc(C(=O)NS(=O)(=O)c5ccc(NCCSc6ccccc6)c(C(F)(F)F)c5)cc4)CC3)cc(OCC)c2)c1. The molecule has 1 amide bonds. The van der Waals surface area contributed by atoms with E-state index in [-0.39, 0.29) is 17.8 Å². The summed E-state index contributed by atoms with van der Waals surface area (Å²) in [6.45, 7) is 9.05. The molecule has 2 N–H and O–H groups in total. The summed E-state index contributed by atoms with van der Waals surface area (Å²) in [4.78, 5) is 17.9. The molecule has 14 heteroatoms. The normalized spacial score (nSPS) is 13.6. The van der Waals surface area contributed by atoms with Crippen LogP contribution in [0.5, 0.6) is 11.5 Å². The first-order valence-corrected chi connectivity index (χ1v) is 21.2. The van der Waals surface area contributed by atoms with Crippen molar-refractivity contribution in [2.45, 2.75) is 36.4 Å². The Hall–Kier alpha value is -5.18. The number of rotatable bonds is 16. The Labute approximate surface area is 336 Å². The van der Waals surface area contributed by atoms with Crippen LogP contribution in [0.25, 0.3) is 11.1 Å². The molecule has 300 valence electrons. The van der Waals surface area contributed by atoms with Crippen LogP contribution in [-0.2, 0) is 22.7 Å². The molecule has 0 radical (unpaired) electrons. The van der Waals surface area contributed by atoms with E-state index in [2.05, 4.69) is 33.3 Å². The lowest BCUT2D eigenvalue weighted by Gasteiger charge is -2.36. The molecule has 1 aliphatic rings. The molecular formula is C43H45F3N4O5S2. The number of anilines is 2. The van der Waals surface area contributed by atoms with Crippen LogP contribution in [0.15, 0.2) is 125 Å². The first-order chi connectivity index (χ1) is 27.4. The molecule has 0 aromatic heterocycles. The van der Waals surface area contributed by atoms with Gasteiger partial charge in [-0.3, -0.25) is 9.69 Å². The largest absolute Gasteiger partial charge is 0.494 e. The third-order valence-electron chi connectivity index (χ3n) is 9.29. The first kappa shape index (κ1) is 41.5. The lowest BCUT2D eigenvalue weighted by molar-refractivity contribution is -0.137. The van der Waals surface area contributed by atoms with Crippen molar-refractivity contribution >= 4 is 39.1 Å². The van der Waals surface area contributed by atoms with Gasteiger partial charge in [0.1, 0.15) is 11.5 Å². The van der Waals surface area contributed by atoms with Gasteiger partial charge in [-0.25, -0.2) is 13.1 Å². The number of hydrogen-bond acceptors (Lipinski definition) is 9. The van der Waals surface area contributed by atoms with Gasteiger partial charge in [-0.05, 0) is 115 Å². The van der Waals surface area contributed by atoms with Gasteiger partial charge in [0.2, 0.25) is 0 Å². The van der Waals surface area contributed by atoms with Gasteiger partial charge in [-0.15, -0.1) is 11.8 Å². The summed E-state index contributed by atoms with van der Waals surface area (Å²) < 4.78 is 81.9. The molecule has 0 bridgehead atoms. The zero-order valence-corrected chi connectivity index (χ0v) is 33.4. The molecule has 1 aliphatic heterocycles. The van der Waals surface area contributed by atoms with Crippen molar-refractivity contribution in [2.75, 3.05) is 61.9 Å². The zero-order valence-electron chi connectivity index (χ0n) is 31.7. The predicted molar refractivity (Wildman–Crippen MR) is 220 cm³/mol. The Bertz CT molecular complexity index is 2230. The number of amides is 1. The van der Waals surface area contributed by atoms with Crippen LogP contribution in [0.1, 0.15) is 35.3 Å². The number of thioether (sulfide) groups is 1. The molecule has 9 nitrogen and oxygen atoms in total. The number of piperazine rings is 1. The molecule has 0 aliphatic carbocycles. The number of ether oxygens (including phenoxy) is 2. The van der Waals surface area contributed by atoms with Crippen molar-refractivity contribution in [3.05, 3.63) is 132 Å². The summed E-state index contributed by atoms with van der Waals surface area (Å²) in [6, 6.07) is 32.9. The highest BCUT2D eigenvalue weighted by molar-refractivity contribution is 7.99. The zero-order chi connectivity index (χ0) is 40.4. The maximum absolute atomic E-state index is 14.0. The predicted octanol–water partition coefficient (Wildman–Crippen LogP) is 8.81. The topological polar surface area (TPSA) is 100 Å². The highest BCUT2D eigenvalue weighted by Gasteiger charge is 2.35. The van der Waals surface area contributed by atoms with Crippen LogP contribution in [-0.4, -0.2) is 70.9 Å². The number of benzene rings is 5. The third kappa shape index (κ3) is 11.2. The fourth-order valence-corrected chi connectivity index (χ4v) is 8.33. The van der Waals surface area contributed by atoms with Crippen LogP contribution in [0.4, 0.5) is 24.5 Å². The van der Waals surface area contributed by atoms with E-state index >= 15 is 0 Å². The second-order valence-corrected chi connectivity index (χ2v) is 16.1. The van der Waals surface area contributed by atoms with Gasteiger partial charge in [0.25, 0.3) is 15.9 Å². The number of carbonyl (C=O) groups excluding carboxylic acids is 1. The molecule has 5 aromatic rings. The summed E-state index contributed by atoms with van der Waals surface area (Å²) in [5, 5.41) is 2.76. The van der Waals surface area contributed by atoms with Gasteiger partial charge < -0.3 is 19.7 Å². The lowest BCUT2D eigenvalue weighted by atomic mass is 10.0. The number of nitrogens with one attached hydrogen (secondary N) is 2. The smallest absolute Gasteiger partial charge is 0.418 e. The van der Waals surface area contributed by atoms with Crippen LogP contribution in [0, 0.1) is 0 Å². The van der Waals surface area contributed by atoms with Gasteiger partial charge >= 0.3 is 6.18 Å². The number of carbonyl (C=O) groups is 1. The maximum Gasteiger partial charge on any atom is 0.418 e. The molecule has 6 rings (SSSR count). The number of nitrogens with zero attached hydrogens (tertiary/aromatic N) is 2. The van der Waals surface area contributed by atoms with E-state index in [1.807, 2.05) is 73.2 Å². The number of sulfonamides is 1. The monoisotopic (exact) mass is 818 g/mol. The molecule has 1 fully saturated rings. The summed E-state index contributed by atoms with van der Waals surface area (Å²) in [5.41, 5.74) is 2.77. The van der Waals surface area contributed by atoms with E-state index in [0.717, 1.165) is 83.6 Å². The van der Waals surface area contributed by atoms with Crippen molar-refractivity contribution in [3.8, 4) is 22.6 Å². The molecule has 5 aromatic carbocycles. The lowest BCUT2D eigenvalue weighted by Crippen LogP contribution is -2.46. The molecule has 0 saturated carbocycles. The Morgan fingerprint density at radius 1 is 0.772 bits per heavy atom. The fraction of sp³-hybridized carbons (Fsp3) is 0.279. The molecule has 1 heterocycles. The minimum Gasteiger partial charge on any atom is -0.494 e. The molecular weight excluding hydrogens is 774 g/mol. The highest BCUT2D eigenvalue weighted by Crippen LogP contribution is 2.37. The van der Waals surface area contributed by atoms with Gasteiger partial charge in [0, 0.05) is 66.9 Å². The first-order valence-electron chi connectivity index (χ1n) is 18.7. The van der Waals surface area contributed by atoms with Gasteiger partial charge in [0.15, 0.2) is 0 Å². The fourth-order valence-electron chi connectivity index (χ4n) is 6.54. The standard InChI is InChI=1S/C43H45F3N4O5S2/c1-3-54-36-10-8-9-33(27-36)34-25-31(26-37(28-34)55-4-2)30-49-20-22-50(23-21-49)35-15-13-32(14-16-35)42(51)48-57(52,53)39-17-18-41(40(29-39)43(44,45)46)47-19-24-56-38-11-6-5-7-12-38/h5-18,25-29,47H,3-4,19-24,30H2,1-2H3,(H,48,51). The van der Waals surface area contributed by atoms with E-state index in [9.17, 15) is 26.4 Å². The average Bonchev–Trinajstić information content (AvgIpc) is 3.20. The Kier molecular flexibility index (Phi) is 13.7. The van der Waals surface area contributed by atoms with Gasteiger partial charge in [0.05, 0.1) is 23.7 Å². The van der Waals surface area contributed by atoms with Crippen molar-refractivity contribution in [3.63, 3.8) is 0 Å². The minimum atomic E-state index is -4.83. The van der Waals surface area contributed by atoms with Gasteiger partial charge in [-0.2, -0.15) is 13.2 Å². The Balaban J connectivity index is 1.04. The minimum absolute atomic E-state index is 0.0583. The maximum atomic E-state index is 14.0. The summed E-state index contributed by atoms with van der Waals surface area (Å²) >= 11 is 1.48. The molecule has 0 atom stereocenters. The van der Waals surface area contributed by atoms with Crippen LogP contribution in [0.2, 0.25) is 0 Å². The van der Waals surface area contributed by atoms with Crippen LogP contribution in [0.3, 0.4) is 0 Å². The number of hydrogen-bond donors (Lipinski definition) is 2. The molecule has 0 spiro atoms. The Morgan fingerprint density at radius 3 is 2.18 bits per heavy atom. The van der Waals surface area contributed by atoms with E-state index < -0.39 is 32.6 Å². The third-order valence-corrected chi connectivity index (χ3v) is 11.6. The van der Waals surface area contributed by atoms with Crippen LogP contribution < -0.4 is 24.4 Å². The van der Waals surface area contributed by atoms with E-state index in [1.165, 1.54) is 23.9 Å². The van der Waals surface area contributed by atoms with Crippen molar-refractivity contribution in [2.24, 2.45) is 0 Å². The van der Waals surface area contributed by atoms with Crippen LogP contribution >= 0.6 is 11.8 Å². The quantitative estimate of drug-likeness (QED) is 0.0748. The Morgan fingerprint density at radius 2 is 1.47 bits per heavy atom. The average molecular weight is 819 g/mol. The van der Waals surface area contributed by atoms with Crippen molar-refractivity contribution in [1.29, 1.82) is 0 Å². The second-order valence-electron chi connectivity index (χ2n) is 13.3.